The Labute approximate surface area is 143 Å². The SMILES string of the molecule is Cc1ccccc1CNC(=O)c1ccc(C(=O)NC(C)(C)C)cc1. The van der Waals surface area contributed by atoms with Gasteiger partial charge in [-0.1, -0.05) is 24.3 Å². The minimum absolute atomic E-state index is 0.144. The summed E-state index contributed by atoms with van der Waals surface area (Å²) in [6.45, 7) is 8.29. The summed E-state index contributed by atoms with van der Waals surface area (Å²) < 4.78 is 0. The van der Waals surface area contributed by atoms with Crippen LogP contribution in [0.5, 0.6) is 0 Å². The summed E-state index contributed by atoms with van der Waals surface area (Å²) in [4.78, 5) is 24.3. The van der Waals surface area contributed by atoms with Crippen molar-refractivity contribution in [1.29, 1.82) is 0 Å². The summed E-state index contributed by atoms with van der Waals surface area (Å²) in [6.07, 6.45) is 0. The lowest BCUT2D eigenvalue weighted by Gasteiger charge is -2.20. The summed E-state index contributed by atoms with van der Waals surface area (Å²) >= 11 is 0. The Morgan fingerprint density at radius 1 is 0.875 bits per heavy atom. The predicted molar refractivity (Wildman–Crippen MR) is 96.0 cm³/mol. The lowest BCUT2D eigenvalue weighted by atomic mass is 10.1. The van der Waals surface area contributed by atoms with Crippen molar-refractivity contribution in [2.45, 2.75) is 39.8 Å². The van der Waals surface area contributed by atoms with E-state index in [1.807, 2.05) is 52.0 Å². The van der Waals surface area contributed by atoms with Crippen molar-refractivity contribution in [3.8, 4) is 0 Å². The second-order valence-corrected chi connectivity index (χ2v) is 6.89. The van der Waals surface area contributed by atoms with Crippen molar-refractivity contribution < 1.29 is 9.59 Å². The Balaban J connectivity index is 1.99. The van der Waals surface area contributed by atoms with Crippen LogP contribution in [0, 0.1) is 6.92 Å². The number of hydrogen-bond donors (Lipinski definition) is 2. The molecule has 126 valence electrons. The minimum atomic E-state index is -0.291. The van der Waals surface area contributed by atoms with E-state index in [2.05, 4.69) is 10.6 Å². The zero-order valence-electron chi connectivity index (χ0n) is 14.6. The van der Waals surface area contributed by atoms with Crippen molar-refractivity contribution in [2.24, 2.45) is 0 Å². The van der Waals surface area contributed by atoms with Crippen LogP contribution in [0.25, 0.3) is 0 Å². The maximum Gasteiger partial charge on any atom is 0.251 e. The standard InChI is InChI=1S/C20H24N2O2/c1-14-7-5-6-8-17(14)13-21-18(23)15-9-11-16(12-10-15)19(24)22-20(2,3)4/h5-12H,13H2,1-4H3,(H,21,23)(H,22,24). The Morgan fingerprint density at radius 2 is 1.42 bits per heavy atom. The molecule has 4 nitrogen and oxygen atoms in total. The topological polar surface area (TPSA) is 58.2 Å². The molecule has 0 atom stereocenters. The van der Waals surface area contributed by atoms with Gasteiger partial charge in [0, 0.05) is 23.2 Å². The van der Waals surface area contributed by atoms with Crippen LogP contribution in [0.4, 0.5) is 0 Å². The summed E-state index contributed by atoms with van der Waals surface area (Å²) in [6, 6.07) is 14.6. The van der Waals surface area contributed by atoms with Crippen LogP contribution in [0.2, 0.25) is 0 Å². The van der Waals surface area contributed by atoms with Crippen LogP contribution < -0.4 is 10.6 Å². The number of benzene rings is 2. The molecule has 0 unspecified atom stereocenters. The molecule has 4 heteroatoms. The van der Waals surface area contributed by atoms with E-state index in [-0.39, 0.29) is 17.4 Å². The highest BCUT2D eigenvalue weighted by atomic mass is 16.2. The number of carbonyl (C=O) groups is 2. The molecule has 0 aliphatic heterocycles. The quantitative estimate of drug-likeness (QED) is 0.905. The molecule has 0 radical (unpaired) electrons. The molecule has 0 aliphatic rings. The molecule has 0 aromatic heterocycles. The number of hydrogen-bond acceptors (Lipinski definition) is 2. The molecule has 2 amide bonds. The fourth-order valence-corrected chi connectivity index (χ4v) is 2.27. The number of nitrogens with one attached hydrogen (secondary N) is 2. The van der Waals surface area contributed by atoms with Gasteiger partial charge in [0.05, 0.1) is 0 Å². The third kappa shape index (κ3) is 4.95. The van der Waals surface area contributed by atoms with E-state index in [0.29, 0.717) is 17.7 Å². The first-order chi connectivity index (χ1) is 11.3. The number of rotatable bonds is 4. The van der Waals surface area contributed by atoms with Gasteiger partial charge < -0.3 is 10.6 Å². The molecule has 0 heterocycles. The molecule has 0 saturated heterocycles. The molecule has 0 spiro atoms. The lowest BCUT2D eigenvalue weighted by molar-refractivity contribution is 0.0915. The molecule has 2 rings (SSSR count). The van der Waals surface area contributed by atoms with Gasteiger partial charge in [0.15, 0.2) is 0 Å². The van der Waals surface area contributed by atoms with Crippen molar-refractivity contribution >= 4 is 11.8 Å². The van der Waals surface area contributed by atoms with E-state index >= 15 is 0 Å². The van der Waals surface area contributed by atoms with E-state index in [1.54, 1.807) is 24.3 Å². The van der Waals surface area contributed by atoms with Gasteiger partial charge in [-0.3, -0.25) is 9.59 Å². The molecular formula is C20H24N2O2. The maximum absolute atomic E-state index is 12.2. The van der Waals surface area contributed by atoms with Crippen LogP contribution in [-0.2, 0) is 6.54 Å². The van der Waals surface area contributed by atoms with Crippen molar-refractivity contribution in [1.82, 2.24) is 10.6 Å². The van der Waals surface area contributed by atoms with Gasteiger partial charge in [0.25, 0.3) is 11.8 Å². The lowest BCUT2D eigenvalue weighted by Crippen LogP contribution is -2.40. The van der Waals surface area contributed by atoms with E-state index in [4.69, 9.17) is 0 Å². The van der Waals surface area contributed by atoms with Crippen molar-refractivity contribution in [2.75, 3.05) is 0 Å². The highest BCUT2D eigenvalue weighted by molar-refractivity contribution is 5.98. The van der Waals surface area contributed by atoms with Crippen LogP contribution in [0.3, 0.4) is 0 Å². The first-order valence-corrected chi connectivity index (χ1v) is 8.01. The highest BCUT2D eigenvalue weighted by Gasteiger charge is 2.15. The minimum Gasteiger partial charge on any atom is -0.348 e. The highest BCUT2D eigenvalue weighted by Crippen LogP contribution is 2.09. The number of aryl methyl sites for hydroxylation is 1. The first kappa shape index (κ1) is 17.7. The van der Waals surface area contributed by atoms with Gasteiger partial charge in [-0.05, 0) is 63.1 Å². The summed E-state index contributed by atoms with van der Waals surface area (Å²) in [7, 11) is 0. The van der Waals surface area contributed by atoms with Crippen LogP contribution in [0.1, 0.15) is 52.6 Å². The van der Waals surface area contributed by atoms with Crippen molar-refractivity contribution in [3.63, 3.8) is 0 Å². The molecule has 2 aromatic carbocycles. The summed E-state index contributed by atoms with van der Waals surface area (Å²) in [5.41, 5.74) is 3.02. The van der Waals surface area contributed by atoms with E-state index in [1.165, 1.54) is 0 Å². The molecule has 0 fully saturated rings. The molecule has 24 heavy (non-hydrogen) atoms. The Hall–Kier alpha value is -2.62. The maximum atomic E-state index is 12.2. The van der Waals surface area contributed by atoms with Gasteiger partial charge in [-0.15, -0.1) is 0 Å². The van der Waals surface area contributed by atoms with Gasteiger partial charge in [0.2, 0.25) is 0 Å². The smallest absolute Gasteiger partial charge is 0.251 e. The van der Waals surface area contributed by atoms with Crippen molar-refractivity contribution in [3.05, 3.63) is 70.8 Å². The normalized spacial score (nSPS) is 11.0. The average molecular weight is 324 g/mol. The second-order valence-electron chi connectivity index (χ2n) is 6.89. The number of carbonyl (C=O) groups excluding carboxylic acids is 2. The first-order valence-electron chi connectivity index (χ1n) is 8.01. The summed E-state index contributed by atoms with van der Waals surface area (Å²) in [5, 5.41) is 5.80. The van der Waals surface area contributed by atoms with Crippen LogP contribution >= 0.6 is 0 Å². The summed E-state index contributed by atoms with van der Waals surface area (Å²) in [5.74, 6) is -0.296. The Kier molecular flexibility index (Phi) is 5.39. The largest absolute Gasteiger partial charge is 0.348 e. The number of amides is 2. The molecular weight excluding hydrogens is 300 g/mol. The molecule has 2 aromatic rings. The van der Waals surface area contributed by atoms with Crippen LogP contribution in [-0.4, -0.2) is 17.4 Å². The molecule has 0 bridgehead atoms. The molecule has 0 saturated carbocycles. The van der Waals surface area contributed by atoms with E-state index in [9.17, 15) is 9.59 Å². The predicted octanol–water partition coefficient (Wildman–Crippen LogP) is 3.45. The van der Waals surface area contributed by atoms with E-state index < -0.39 is 0 Å². The third-order valence-corrected chi connectivity index (χ3v) is 3.60. The molecule has 2 N–H and O–H groups in total. The third-order valence-electron chi connectivity index (χ3n) is 3.60. The Morgan fingerprint density at radius 3 is 1.96 bits per heavy atom. The van der Waals surface area contributed by atoms with Gasteiger partial charge >= 0.3 is 0 Å². The molecule has 0 aliphatic carbocycles. The fraction of sp³-hybridized carbons (Fsp3) is 0.300. The van der Waals surface area contributed by atoms with Gasteiger partial charge in [-0.25, -0.2) is 0 Å². The van der Waals surface area contributed by atoms with E-state index in [0.717, 1.165) is 11.1 Å². The van der Waals surface area contributed by atoms with Gasteiger partial charge in [-0.2, -0.15) is 0 Å². The zero-order chi connectivity index (χ0) is 17.7. The zero-order valence-corrected chi connectivity index (χ0v) is 14.6. The second kappa shape index (κ2) is 7.30. The fourth-order valence-electron chi connectivity index (χ4n) is 2.27. The Bertz CT molecular complexity index is 728. The monoisotopic (exact) mass is 324 g/mol. The van der Waals surface area contributed by atoms with Gasteiger partial charge in [0.1, 0.15) is 0 Å². The average Bonchev–Trinajstić information content (AvgIpc) is 2.52. The van der Waals surface area contributed by atoms with Crippen LogP contribution in [0.15, 0.2) is 48.5 Å².